The largest absolute Gasteiger partial charge is 0.394 e. The predicted molar refractivity (Wildman–Crippen MR) is 84.6 cm³/mol. The van der Waals surface area contributed by atoms with E-state index in [0.717, 1.165) is 30.6 Å². The van der Waals surface area contributed by atoms with Crippen LogP contribution in [0.5, 0.6) is 0 Å². The van der Waals surface area contributed by atoms with Crippen molar-refractivity contribution in [2.75, 3.05) is 32.1 Å². The summed E-state index contributed by atoms with van der Waals surface area (Å²) in [5, 5.41) is 12.3. The van der Waals surface area contributed by atoms with E-state index in [2.05, 4.69) is 35.3 Å². The molecule has 1 atom stereocenters. The first-order valence-electron chi connectivity index (χ1n) is 7.45. The Morgan fingerprint density at radius 3 is 2.90 bits per heavy atom. The highest BCUT2D eigenvalue weighted by atomic mass is 16.3. The van der Waals surface area contributed by atoms with Crippen LogP contribution in [0.15, 0.2) is 18.2 Å². The van der Waals surface area contributed by atoms with Crippen LogP contribution in [0.4, 0.5) is 10.5 Å². The molecule has 2 rings (SSSR count). The SMILES string of the molecule is Cc1ccc(CNC(=O)N2CCC[C@H]2CO)c(N(C)C)c1. The van der Waals surface area contributed by atoms with E-state index in [-0.39, 0.29) is 18.7 Å². The summed E-state index contributed by atoms with van der Waals surface area (Å²) >= 11 is 0. The number of carbonyl (C=O) groups is 1. The molecule has 5 nitrogen and oxygen atoms in total. The van der Waals surface area contributed by atoms with Gasteiger partial charge in [0, 0.05) is 32.9 Å². The summed E-state index contributed by atoms with van der Waals surface area (Å²) < 4.78 is 0. The molecule has 1 fully saturated rings. The number of likely N-dealkylation sites (tertiary alicyclic amines) is 1. The quantitative estimate of drug-likeness (QED) is 0.888. The Morgan fingerprint density at radius 1 is 1.48 bits per heavy atom. The second-order valence-electron chi connectivity index (χ2n) is 5.86. The second kappa shape index (κ2) is 6.80. The maximum Gasteiger partial charge on any atom is 0.317 e. The molecule has 0 radical (unpaired) electrons. The molecule has 1 saturated heterocycles. The molecule has 0 bridgehead atoms. The molecule has 1 aromatic rings. The number of nitrogens with zero attached hydrogens (tertiary/aromatic N) is 2. The van der Waals surface area contributed by atoms with Crippen molar-refractivity contribution in [3.63, 3.8) is 0 Å². The van der Waals surface area contributed by atoms with Crippen LogP contribution in [0.2, 0.25) is 0 Å². The van der Waals surface area contributed by atoms with Crippen LogP contribution < -0.4 is 10.2 Å². The van der Waals surface area contributed by atoms with Gasteiger partial charge in [-0.05, 0) is 37.0 Å². The van der Waals surface area contributed by atoms with Gasteiger partial charge in [-0.1, -0.05) is 12.1 Å². The average molecular weight is 291 g/mol. The molecule has 21 heavy (non-hydrogen) atoms. The third-order valence-corrected chi connectivity index (χ3v) is 4.00. The van der Waals surface area contributed by atoms with E-state index >= 15 is 0 Å². The van der Waals surface area contributed by atoms with Gasteiger partial charge in [0.05, 0.1) is 12.6 Å². The van der Waals surface area contributed by atoms with E-state index in [1.165, 1.54) is 5.56 Å². The van der Waals surface area contributed by atoms with Gasteiger partial charge in [0.15, 0.2) is 0 Å². The van der Waals surface area contributed by atoms with Crippen LogP contribution in [0.3, 0.4) is 0 Å². The van der Waals surface area contributed by atoms with Gasteiger partial charge in [0.1, 0.15) is 0 Å². The standard InChI is InChI=1S/C16H25N3O2/c1-12-6-7-13(15(9-12)18(2)3)10-17-16(21)19-8-4-5-14(19)11-20/h6-7,9,14,20H,4-5,8,10-11H2,1-3H3,(H,17,21)/t14-/m0/s1. The van der Waals surface area contributed by atoms with Gasteiger partial charge in [-0.15, -0.1) is 0 Å². The first-order valence-corrected chi connectivity index (χ1v) is 7.45. The Bertz CT molecular complexity index is 502. The van der Waals surface area contributed by atoms with Gasteiger partial charge in [-0.3, -0.25) is 0 Å². The highest BCUT2D eigenvalue weighted by Gasteiger charge is 2.27. The molecule has 1 heterocycles. The van der Waals surface area contributed by atoms with E-state index in [1.54, 1.807) is 4.90 Å². The molecule has 1 aromatic carbocycles. The number of nitrogens with one attached hydrogen (secondary N) is 1. The van der Waals surface area contributed by atoms with E-state index in [9.17, 15) is 9.90 Å². The minimum Gasteiger partial charge on any atom is -0.394 e. The zero-order chi connectivity index (χ0) is 15.4. The van der Waals surface area contributed by atoms with Crippen molar-refractivity contribution in [3.05, 3.63) is 29.3 Å². The lowest BCUT2D eigenvalue weighted by atomic mass is 10.1. The van der Waals surface area contributed by atoms with Crippen molar-refractivity contribution in [3.8, 4) is 0 Å². The zero-order valence-electron chi connectivity index (χ0n) is 13.1. The second-order valence-corrected chi connectivity index (χ2v) is 5.86. The van der Waals surface area contributed by atoms with Crippen molar-refractivity contribution < 1.29 is 9.90 Å². The number of benzene rings is 1. The fraction of sp³-hybridized carbons (Fsp3) is 0.562. The summed E-state index contributed by atoms with van der Waals surface area (Å²) in [6, 6.07) is 6.11. The highest BCUT2D eigenvalue weighted by molar-refractivity contribution is 5.75. The molecule has 1 aliphatic rings. The number of urea groups is 1. The Hall–Kier alpha value is -1.75. The van der Waals surface area contributed by atoms with Crippen molar-refractivity contribution in [2.24, 2.45) is 0 Å². The Morgan fingerprint density at radius 2 is 2.24 bits per heavy atom. The van der Waals surface area contributed by atoms with Crippen molar-refractivity contribution in [2.45, 2.75) is 32.4 Å². The van der Waals surface area contributed by atoms with E-state index in [1.807, 2.05) is 14.1 Å². The monoisotopic (exact) mass is 291 g/mol. The smallest absolute Gasteiger partial charge is 0.317 e. The molecular formula is C16H25N3O2. The maximum absolute atomic E-state index is 12.2. The summed E-state index contributed by atoms with van der Waals surface area (Å²) in [4.78, 5) is 16.0. The zero-order valence-corrected chi connectivity index (χ0v) is 13.1. The Balaban J connectivity index is 2.01. The van der Waals surface area contributed by atoms with E-state index in [0.29, 0.717) is 6.54 Å². The average Bonchev–Trinajstić information content (AvgIpc) is 2.94. The van der Waals surface area contributed by atoms with Gasteiger partial charge in [-0.2, -0.15) is 0 Å². The minimum atomic E-state index is -0.0863. The molecule has 0 aliphatic carbocycles. The van der Waals surface area contributed by atoms with Crippen molar-refractivity contribution >= 4 is 11.7 Å². The number of carbonyl (C=O) groups excluding carboxylic acids is 1. The van der Waals surface area contributed by atoms with E-state index < -0.39 is 0 Å². The fourth-order valence-corrected chi connectivity index (χ4v) is 2.80. The molecule has 0 aromatic heterocycles. The van der Waals surface area contributed by atoms with Crippen LogP contribution in [0, 0.1) is 6.92 Å². The fourth-order valence-electron chi connectivity index (χ4n) is 2.80. The number of hydrogen-bond donors (Lipinski definition) is 2. The summed E-state index contributed by atoms with van der Waals surface area (Å²) in [7, 11) is 4.00. The van der Waals surface area contributed by atoms with E-state index in [4.69, 9.17) is 0 Å². The van der Waals surface area contributed by atoms with Crippen LogP contribution in [-0.4, -0.2) is 49.3 Å². The molecule has 0 unspecified atom stereocenters. The number of amides is 2. The molecule has 0 spiro atoms. The van der Waals surface area contributed by atoms with Crippen LogP contribution >= 0.6 is 0 Å². The predicted octanol–water partition coefficient (Wildman–Crippen LogP) is 1.73. The normalized spacial score (nSPS) is 17.9. The highest BCUT2D eigenvalue weighted by Crippen LogP contribution is 2.21. The third-order valence-electron chi connectivity index (χ3n) is 4.00. The molecule has 5 heteroatoms. The summed E-state index contributed by atoms with van der Waals surface area (Å²) in [6.45, 7) is 3.33. The number of anilines is 1. The van der Waals surface area contributed by atoms with Crippen LogP contribution in [-0.2, 0) is 6.54 Å². The van der Waals surface area contributed by atoms with Gasteiger partial charge in [-0.25, -0.2) is 4.79 Å². The first-order chi connectivity index (χ1) is 10.0. The number of rotatable bonds is 4. The Kier molecular flexibility index (Phi) is 5.07. The topological polar surface area (TPSA) is 55.8 Å². The van der Waals surface area contributed by atoms with Crippen molar-refractivity contribution in [1.82, 2.24) is 10.2 Å². The molecule has 0 saturated carbocycles. The van der Waals surface area contributed by atoms with Gasteiger partial charge in [0.2, 0.25) is 0 Å². The molecule has 2 N–H and O–H groups in total. The molecule has 2 amide bonds. The van der Waals surface area contributed by atoms with Crippen LogP contribution in [0.25, 0.3) is 0 Å². The number of hydrogen-bond acceptors (Lipinski definition) is 3. The summed E-state index contributed by atoms with van der Waals surface area (Å²) in [5.41, 5.74) is 3.42. The van der Waals surface area contributed by atoms with Gasteiger partial charge < -0.3 is 20.2 Å². The number of aryl methyl sites for hydroxylation is 1. The molecular weight excluding hydrogens is 266 g/mol. The van der Waals surface area contributed by atoms with Gasteiger partial charge in [0.25, 0.3) is 0 Å². The minimum absolute atomic E-state index is 0.0312. The summed E-state index contributed by atoms with van der Waals surface area (Å²) in [6.07, 6.45) is 1.85. The Labute approximate surface area is 126 Å². The maximum atomic E-state index is 12.2. The molecule has 116 valence electrons. The lowest BCUT2D eigenvalue weighted by molar-refractivity contribution is 0.157. The number of aliphatic hydroxyl groups is 1. The molecule has 1 aliphatic heterocycles. The first kappa shape index (κ1) is 15.6. The van der Waals surface area contributed by atoms with Crippen molar-refractivity contribution in [1.29, 1.82) is 0 Å². The summed E-state index contributed by atoms with van der Waals surface area (Å²) in [5.74, 6) is 0. The van der Waals surface area contributed by atoms with Gasteiger partial charge >= 0.3 is 6.03 Å². The number of aliphatic hydroxyl groups excluding tert-OH is 1. The lowest BCUT2D eigenvalue weighted by Gasteiger charge is -2.24. The third kappa shape index (κ3) is 3.67. The van der Waals surface area contributed by atoms with Crippen LogP contribution in [0.1, 0.15) is 24.0 Å². The lowest BCUT2D eigenvalue weighted by Crippen LogP contribution is -2.44.